The number of nitrogens with one attached hydrogen (secondary N) is 1. The molecule has 1 rings (SSSR count). The van der Waals surface area contributed by atoms with Crippen LogP contribution < -0.4 is 5.32 Å². The Morgan fingerprint density at radius 2 is 2.25 bits per heavy atom. The van der Waals surface area contributed by atoms with E-state index in [-0.39, 0.29) is 18.1 Å². The highest BCUT2D eigenvalue weighted by Crippen LogP contribution is 2.12. The van der Waals surface area contributed by atoms with Crippen LogP contribution >= 0.6 is 0 Å². The summed E-state index contributed by atoms with van der Waals surface area (Å²) in [6, 6.07) is 0.286. The van der Waals surface area contributed by atoms with Crippen LogP contribution in [0.3, 0.4) is 0 Å². The van der Waals surface area contributed by atoms with Gasteiger partial charge in [0.05, 0.1) is 0 Å². The van der Waals surface area contributed by atoms with Gasteiger partial charge >= 0.3 is 0 Å². The summed E-state index contributed by atoms with van der Waals surface area (Å²) in [6.45, 7) is 5.03. The Labute approximate surface area is 98.9 Å². The third-order valence-corrected chi connectivity index (χ3v) is 3.10. The van der Waals surface area contributed by atoms with E-state index in [2.05, 4.69) is 19.2 Å². The average molecular weight is 227 g/mol. The molecule has 2 unspecified atom stereocenters. The maximum atomic E-state index is 11.7. The lowest BCUT2D eigenvalue weighted by molar-refractivity contribution is -0.130. The molecule has 1 amide bonds. The molecule has 1 heterocycles. The van der Waals surface area contributed by atoms with Crippen molar-refractivity contribution < 1.29 is 9.53 Å². The maximum Gasteiger partial charge on any atom is 0.249 e. The van der Waals surface area contributed by atoms with Crippen molar-refractivity contribution in [1.82, 2.24) is 5.32 Å². The normalized spacial score (nSPS) is 22.0. The van der Waals surface area contributed by atoms with Crippen molar-refractivity contribution in [2.45, 2.75) is 70.9 Å². The van der Waals surface area contributed by atoms with Crippen LogP contribution in [0.5, 0.6) is 0 Å². The second kappa shape index (κ2) is 7.66. The van der Waals surface area contributed by atoms with Crippen LogP contribution in [0.2, 0.25) is 0 Å². The number of ether oxygens (including phenoxy) is 1. The summed E-state index contributed by atoms with van der Waals surface area (Å²) in [7, 11) is 0. The molecule has 0 radical (unpaired) electrons. The zero-order chi connectivity index (χ0) is 11.8. The van der Waals surface area contributed by atoms with E-state index in [9.17, 15) is 4.79 Å². The lowest BCUT2D eigenvalue weighted by Crippen LogP contribution is -2.39. The van der Waals surface area contributed by atoms with Gasteiger partial charge in [-0.2, -0.15) is 0 Å². The highest BCUT2D eigenvalue weighted by atomic mass is 16.5. The van der Waals surface area contributed by atoms with E-state index in [1.54, 1.807) is 0 Å². The molecule has 1 N–H and O–H groups in total. The predicted octanol–water partition coefficient (Wildman–Crippen LogP) is 2.64. The highest BCUT2D eigenvalue weighted by molar-refractivity contribution is 5.81. The Balaban J connectivity index is 2.08. The Morgan fingerprint density at radius 1 is 1.44 bits per heavy atom. The first-order chi connectivity index (χ1) is 7.74. The van der Waals surface area contributed by atoms with Crippen molar-refractivity contribution in [2.24, 2.45) is 0 Å². The molecule has 16 heavy (non-hydrogen) atoms. The van der Waals surface area contributed by atoms with E-state index in [0.717, 1.165) is 25.9 Å². The molecule has 1 fully saturated rings. The predicted molar refractivity (Wildman–Crippen MR) is 65.3 cm³/mol. The third-order valence-electron chi connectivity index (χ3n) is 3.10. The Kier molecular flexibility index (Phi) is 6.46. The average Bonchev–Trinajstić information content (AvgIpc) is 2.77. The molecule has 0 saturated carbocycles. The van der Waals surface area contributed by atoms with Crippen molar-refractivity contribution in [3.63, 3.8) is 0 Å². The minimum absolute atomic E-state index is 0.0838. The summed E-state index contributed by atoms with van der Waals surface area (Å²) >= 11 is 0. The molecule has 1 aliphatic rings. The van der Waals surface area contributed by atoms with Crippen molar-refractivity contribution in [2.75, 3.05) is 6.61 Å². The van der Waals surface area contributed by atoms with Gasteiger partial charge in [-0.05, 0) is 26.2 Å². The molecule has 0 spiro atoms. The molecule has 0 bridgehead atoms. The first-order valence-electron chi connectivity index (χ1n) is 6.66. The summed E-state index contributed by atoms with van der Waals surface area (Å²) in [5.41, 5.74) is 0. The summed E-state index contributed by atoms with van der Waals surface area (Å²) in [5, 5.41) is 3.03. The number of amides is 1. The van der Waals surface area contributed by atoms with Crippen LogP contribution in [0.15, 0.2) is 0 Å². The van der Waals surface area contributed by atoms with Crippen LogP contribution in [0.25, 0.3) is 0 Å². The molecule has 2 atom stereocenters. The number of hydrogen-bond acceptors (Lipinski definition) is 2. The molecule has 1 saturated heterocycles. The van der Waals surface area contributed by atoms with Crippen molar-refractivity contribution >= 4 is 5.91 Å². The van der Waals surface area contributed by atoms with Gasteiger partial charge in [0.2, 0.25) is 5.91 Å². The van der Waals surface area contributed by atoms with E-state index in [1.165, 1.54) is 25.7 Å². The lowest BCUT2D eigenvalue weighted by Gasteiger charge is -2.16. The molecule has 3 nitrogen and oxygen atoms in total. The van der Waals surface area contributed by atoms with Crippen LogP contribution in [0.4, 0.5) is 0 Å². The summed E-state index contributed by atoms with van der Waals surface area (Å²) in [5.74, 6) is 0.0838. The smallest absolute Gasteiger partial charge is 0.249 e. The number of carbonyl (C=O) groups excluding carboxylic acids is 1. The quantitative estimate of drug-likeness (QED) is 0.679. The summed E-state index contributed by atoms with van der Waals surface area (Å²) in [6.07, 6.45) is 7.84. The third kappa shape index (κ3) is 4.97. The van der Waals surface area contributed by atoms with Gasteiger partial charge in [0, 0.05) is 12.6 Å². The molecule has 0 aromatic carbocycles. The van der Waals surface area contributed by atoms with Crippen molar-refractivity contribution in [1.29, 1.82) is 0 Å². The van der Waals surface area contributed by atoms with E-state index in [1.807, 2.05) is 0 Å². The first-order valence-corrected chi connectivity index (χ1v) is 6.66. The van der Waals surface area contributed by atoms with E-state index < -0.39 is 0 Å². The number of carbonyl (C=O) groups is 1. The molecule has 94 valence electrons. The van der Waals surface area contributed by atoms with Gasteiger partial charge in [-0.3, -0.25) is 4.79 Å². The fourth-order valence-electron chi connectivity index (χ4n) is 2.07. The van der Waals surface area contributed by atoms with Crippen LogP contribution in [-0.4, -0.2) is 24.7 Å². The molecule has 0 aliphatic carbocycles. The van der Waals surface area contributed by atoms with Gasteiger partial charge < -0.3 is 10.1 Å². The van der Waals surface area contributed by atoms with Gasteiger partial charge in [0.1, 0.15) is 6.10 Å². The molecular formula is C13H25NO2. The Bertz CT molecular complexity index is 200. The lowest BCUT2D eigenvalue weighted by atomic mass is 10.1. The van der Waals surface area contributed by atoms with Gasteiger partial charge in [0.25, 0.3) is 0 Å². The standard InChI is InChI=1S/C13H25NO2/c1-3-4-5-6-8-11(2)14-13(15)12-9-7-10-16-12/h11-12H,3-10H2,1-2H3,(H,14,15). The topological polar surface area (TPSA) is 38.3 Å². The molecular weight excluding hydrogens is 202 g/mol. The fraction of sp³-hybridized carbons (Fsp3) is 0.923. The van der Waals surface area contributed by atoms with E-state index in [0.29, 0.717) is 0 Å². The Hall–Kier alpha value is -0.570. The minimum atomic E-state index is -0.182. The van der Waals surface area contributed by atoms with Crippen molar-refractivity contribution in [3.05, 3.63) is 0 Å². The Morgan fingerprint density at radius 3 is 2.88 bits per heavy atom. The van der Waals surface area contributed by atoms with Gasteiger partial charge in [0.15, 0.2) is 0 Å². The van der Waals surface area contributed by atoms with Crippen LogP contribution in [0, 0.1) is 0 Å². The first kappa shape index (κ1) is 13.5. The molecule has 0 aromatic rings. The number of hydrogen-bond donors (Lipinski definition) is 1. The molecule has 0 aromatic heterocycles. The largest absolute Gasteiger partial charge is 0.368 e. The second-order valence-corrected chi connectivity index (χ2v) is 4.76. The second-order valence-electron chi connectivity index (χ2n) is 4.76. The van der Waals surface area contributed by atoms with Crippen molar-refractivity contribution in [3.8, 4) is 0 Å². The number of rotatable bonds is 7. The van der Waals surface area contributed by atoms with Gasteiger partial charge in [-0.1, -0.05) is 32.6 Å². The SMILES string of the molecule is CCCCCCC(C)NC(=O)C1CCCO1. The highest BCUT2D eigenvalue weighted by Gasteiger charge is 2.24. The van der Waals surface area contributed by atoms with Gasteiger partial charge in [-0.25, -0.2) is 0 Å². The summed E-state index contributed by atoms with van der Waals surface area (Å²) in [4.78, 5) is 11.7. The zero-order valence-electron chi connectivity index (χ0n) is 10.6. The fourth-order valence-corrected chi connectivity index (χ4v) is 2.07. The van der Waals surface area contributed by atoms with Crippen LogP contribution in [-0.2, 0) is 9.53 Å². The van der Waals surface area contributed by atoms with Crippen LogP contribution in [0.1, 0.15) is 58.8 Å². The minimum Gasteiger partial charge on any atom is -0.368 e. The summed E-state index contributed by atoms with van der Waals surface area (Å²) < 4.78 is 5.35. The number of unbranched alkanes of at least 4 members (excludes halogenated alkanes) is 3. The molecule has 1 aliphatic heterocycles. The van der Waals surface area contributed by atoms with Gasteiger partial charge in [-0.15, -0.1) is 0 Å². The van der Waals surface area contributed by atoms with E-state index >= 15 is 0 Å². The maximum absolute atomic E-state index is 11.7. The molecule has 3 heteroatoms. The van der Waals surface area contributed by atoms with E-state index in [4.69, 9.17) is 4.74 Å². The monoisotopic (exact) mass is 227 g/mol. The zero-order valence-corrected chi connectivity index (χ0v) is 10.6.